The molecule has 39 heavy (non-hydrogen) atoms. The van der Waals surface area contributed by atoms with E-state index < -0.39 is 23.8 Å². The second-order valence-corrected chi connectivity index (χ2v) is 12.1. The summed E-state index contributed by atoms with van der Waals surface area (Å²) >= 11 is 0. The number of aliphatic hydroxyl groups excluding tert-OH is 1. The van der Waals surface area contributed by atoms with Gasteiger partial charge in [0, 0.05) is 31.5 Å². The molecule has 0 saturated carbocycles. The molecular formula is C33H40F2N2O2. The van der Waals surface area contributed by atoms with Crippen LogP contribution in [-0.2, 0) is 24.1 Å². The smallest absolute Gasteiger partial charge is 0.217 e. The molecule has 1 aliphatic carbocycles. The van der Waals surface area contributed by atoms with Crippen molar-refractivity contribution >= 4 is 5.91 Å². The molecule has 3 aromatic carbocycles. The Hall–Kier alpha value is -3.09. The van der Waals surface area contributed by atoms with Gasteiger partial charge in [-0.1, -0.05) is 69.3 Å². The van der Waals surface area contributed by atoms with Crippen molar-refractivity contribution in [2.45, 2.75) is 77.5 Å². The van der Waals surface area contributed by atoms with Crippen molar-refractivity contribution in [2.24, 2.45) is 5.41 Å². The Morgan fingerprint density at radius 2 is 1.69 bits per heavy atom. The van der Waals surface area contributed by atoms with Gasteiger partial charge in [0.25, 0.3) is 0 Å². The van der Waals surface area contributed by atoms with E-state index in [4.69, 9.17) is 0 Å². The first kappa shape index (κ1) is 28.9. The molecule has 0 fully saturated rings. The van der Waals surface area contributed by atoms with Crippen LogP contribution < -0.4 is 10.6 Å². The number of hydrogen-bond donors (Lipinski definition) is 3. The highest BCUT2D eigenvalue weighted by Crippen LogP contribution is 2.41. The molecule has 1 amide bonds. The zero-order chi connectivity index (χ0) is 28.2. The predicted octanol–water partition coefficient (Wildman–Crippen LogP) is 6.02. The van der Waals surface area contributed by atoms with Crippen LogP contribution in [0.5, 0.6) is 0 Å². The molecule has 4 atom stereocenters. The van der Waals surface area contributed by atoms with Crippen LogP contribution in [0.4, 0.5) is 8.78 Å². The lowest BCUT2D eigenvalue weighted by atomic mass is 9.75. The molecule has 6 heteroatoms. The van der Waals surface area contributed by atoms with Gasteiger partial charge in [-0.2, -0.15) is 0 Å². The predicted molar refractivity (Wildman–Crippen MR) is 152 cm³/mol. The second-order valence-electron chi connectivity index (χ2n) is 12.1. The number of carbonyl (C=O) groups excluding carboxylic acids is 1. The van der Waals surface area contributed by atoms with Crippen molar-refractivity contribution < 1.29 is 18.7 Å². The SMILES string of the molecule is CC(=O)NC(Cc1cc(F)cc(F)c1)C(O)CNC1c2cc(CC(C)(C)C)ccc2CCC1c1ccccc1. The van der Waals surface area contributed by atoms with E-state index in [9.17, 15) is 18.7 Å². The number of aryl methyl sites for hydroxylation is 1. The van der Waals surface area contributed by atoms with E-state index >= 15 is 0 Å². The number of amides is 1. The molecule has 0 aliphatic heterocycles. The van der Waals surface area contributed by atoms with Gasteiger partial charge < -0.3 is 15.7 Å². The number of benzene rings is 3. The molecule has 208 valence electrons. The maximum atomic E-state index is 13.8. The van der Waals surface area contributed by atoms with E-state index in [0.717, 1.165) is 25.3 Å². The summed E-state index contributed by atoms with van der Waals surface area (Å²) < 4.78 is 27.6. The summed E-state index contributed by atoms with van der Waals surface area (Å²) in [5.41, 5.74) is 5.61. The lowest BCUT2D eigenvalue weighted by molar-refractivity contribution is -0.120. The molecule has 1 aliphatic rings. The van der Waals surface area contributed by atoms with E-state index in [1.165, 1.54) is 41.3 Å². The maximum Gasteiger partial charge on any atom is 0.217 e. The van der Waals surface area contributed by atoms with Gasteiger partial charge in [-0.3, -0.25) is 4.79 Å². The Labute approximate surface area is 230 Å². The standard InChI is InChI=1S/C33H40F2N2O2/c1-21(38)37-30(17-23-14-26(34)18-27(35)15-23)31(39)20-36-32-28(24-8-6-5-7-9-24)13-12-25-11-10-22(16-29(25)32)19-33(2,3)4/h5-11,14-16,18,28,30-32,36,39H,12-13,17,19-20H2,1-4H3,(H,37,38). The highest BCUT2D eigenvalue weighted by Gasteiger charge is 2.32. The average molecular weight is 535 g/mol. The normalized spacial score (nSPS) is 18.7. The fraction of sp³-hybridized carbons (Fsp3) is 0.424. The number of nitrogens with one attached hydrogen (secondary N) is 2. The first-order chi connectivity index (χ1) is 18.5. The molecular weight excluding hydrogens is 494 g/mol. The van der Waals surface area contributed by atoms with E-state index in [1.54, 1.807) is 0 Å². The zero-order valence-corrected chi connectivity index (χ0v) is 23.3. The second kappa shape index (κ2) is 12.4. The molecule has 4 unspecified atom stereocenters. The fourth-order valence-corrected chi connectivity index (χ4v) is 5.81. The summed E-state index contributed by atoms with van der Waals surface area (Å²) in [6.07, 6.45) is 2.04. The third-order valence-corrected chi connectivity index (χ3v) is 7.41. The summed E-state index contributed by atoms with van der Waals surface area (Å²) in [6.45, 7) is 8.28. The molecule has 3 N–H and O–H groups in total. The summed E-state index contributed by atoms with van der Waals surface area (Å²) in [5, 5.41) is 17.6. The topological polar surface area (TPSA) is 61.4 Å². The number of fused-ring (bicyclic) bond motifs is 1. The van der Waals surface area contributed by atoms with Gasteiger partial charge in [-0.05, 0) is 71.0 Å². The third-order valence-electron chi connectivity index (χ3n) is 7.41. The van der Waals surface area contributed by atoms with Gasteiger partial charge in [0.1, 0.15) is 11.6 Å². The Morgan fingerprint density at radius 1 is 1.00 bits per heavy atom. The highest BCUT2D eigenvalue weighted by atomic mass is 19.1. The van der Waals surface area contributed by atoms with Gasteiger partial charge >= 0.3 is 0 Å². The van der Waals surface area contributed by atoms with Gasteiger partial charge in [0.15, 0.2) is 0 Å². The molecule has 0 heterocycles. The van der Waals surface area contributed by atoms with Gasteiger partial charge in [-0.15, -0.1) is 0 Å². The molecule has 0 radical (unpaired) electrons. The summed E-state index contributed by atoms with van der Waals surface area (Å²) in [7, 11) is 0. The number of aliphatic hydroxyl groups is 1. The van der Waals surface area contributed by atoms with Crippen molar-refractivity contribution in [1.29, 1.82) is 0 Å². The minimum Gasteiger partial charge on any atom is -0.390 e. The summed E-state index contributed by atoms with van der Waals surface area (Å²) in [5.74, 6) is -1.47. The van der Waals surface area contributed by atoms with Crippen LogP contribution in [0.3, 0.4) is 0 Å². The van der Waals surface area contributed by atoms with Crippen molar-refractivity contribution in [2.75, 3.05) is 6.54 Å². The number of carbonyl (C=O) groups is 1. The van der Waals surface area contributed by atoms with E-state index in [0.29, 0.717) is 5.56 Å². The Balaban J connectivity index is 1.60. The van der Waals surface area contributed by atoms with E-state index in [1.807, 2.05) is 6.07 Å². The molecule has 4 rings (SSSR count). The molecule has 0 spiro atoms. The quantitative estimate of drug-likeness (QED) is 0.315. The first-order valence-electron chi connectivity index (χ1n) is 13.8. The lowest BCUT2D eigenvalue weighted by Crippen LogP contribution is -2.49. The van der Waals surface area contributed by atoms with Crippen LogP contribution in [0, 0.1) is 17.0 Å². The monoisotopic (exact) mass is 534 g/mol. The molecule has 0 bridgehead atoms. The third kappa shape index (κ3) is 7.96. The van der Waals surface area contributed by atoms with Crippen molar-refractivity contribution in [3.63, 3.8) is 0 Å². The van der Waals surface area contributed by atoms with Crippen LogP contribution in [0.1, 0.15) is 73.9 Å². The largest absolute Gasteiger partial charge is 0.390 e. The maximum absolute atomic E-state index is 13.8. The molecule has 4 nitrogen and oxygen atoms in total. The van der Waals surface area contributed by atoms with Crippen molar-refractivity contribution in [3.8, 4) is 0 Å². The van der Waals surface area contributed by atoms with Crippen molar-refractivity contribution in [1.82, 2.24) is 10.6 Å². The van der Waals surface area contributed by atoms with Gasteiger partial charge in [0.2, 0.25) is 5.91 Å². The Kier molecular flexibility index (Phi) is 9.19. The molecule has 0 aromatic heterocycles. The Bertz CT molecular complexity index is 1250. The summed E-state index contributed by atoms with van der Waals surface area (Å²) in [6, 6.07) is 19.7. The number of halogens is 2. The number of rotatable bonds is 9. The fourth-order valence-electron chi connectivity index (χ4n) is 5.81. The van der Waals surface area contributed by atoms with Crippen LogP contribution in [0.15, 0.2) is 66.7 Å². The first-order valence-corrected chi connectivity index (χ1v) is 13.8. The van der Waals surface area contributed by atoms with Gasteiger partial charge in [-0.25, -0.2) is 8.78 Å². The highest BCUT2D eigenvalue weighted by molar-refractivity contribution is 5.73. The van der Waals surface area contributed by atoms with Crippen LogP contribution in [0.2, 0.25) is 0 Å². The number of hydrogen-bond acceptors (Lipinski definition) is 3. The van der Waals surface area contributed by atoms with Crippen LogP contribution >= 0.6 is 0 Å². The van der Waals surface area contributed by atoms with Crippen LogP contribution in [-0.4, -0.2) is 29.7 Å². The van der Waals surface area contributed by atoms with Crippen molar-refractivity contribution in [3.05, 3.63) is 106 Å². The van der Waals surface area contributed by atoms with Gasteiger partial charge in [0.05, 0.1) is 12.1 Å². The van der Waals surface area contributed by atoms with E-state index in [-0.39, 0.29) is 36.2 Å². The molecule has 3 aromatic rings. The zero-order valence-electron chi connectivity index (χ0n) is 23.3. The summed E-state index contributed by atoms with van der Waals surface area (Å²) in [4.78, 5) is 12.0. The minimum atomic E-state index is -0.972. The van der Waals surface area contributed by atoms with Crippen LogP contribution in [0.25, 0.3) is 0 Å². The van der Waals surface area contributed by atoms with E-state index in [2.05, 4.69) is 73.9 Å². The Morgan fingerprint density at radius 3 is 2.33 bits per heavy atom. The average Bonchev–Trinajstić information content (AvgIpc) is 2.85. The minimum absolute atomic E-state index is 0.0321. The molecule has 0 saturated heterocycles. The lowest BCUT2D eigenvalue weighted by Gasteiger charge is -2.37.